The Kier molecular flexibility index (Phi) is 2.74. The van der Waals surface area contributed by atoms with Crippen LogP contribution in [-0.2, 0) is 0 Å². The molecule has 0 aromatic heterocycles. The van der Waals surface area contributed by atoms with Crippen molar-refractivity contribution in [1.29, 1.82) is 0 Å². The Bertz CT molecular complexity index is 566. The summed E-state index contributed by atoms with van der Waals surface area (Å²) in [7, 11) is 0. The van der Waals surface area contributed by atoms with Crippen molar-refractivity contribution in [3.8, 4) is 0 Å². The minimum Gasteiger partial charge on any atom is -0.382 e. The second-order valence-corrected chi connectivity index (χ2v) is 4.53. The normalized spacial score (nSPS) is 18.0. The van der Waals surface area contributed by atoms with E-state index in [-0.39, 0.29) is 5.92 Å². The van der Waals surface area contributed by atoms with Crippen LogP contribution < -0.4 is 5.32 Å². The van der Waals surface area contributed by atoms with Crippen molar-refractivity contribution in [3.63, 3.8) is 0 Å². The molecular weight excluding hydrogens is 232 g/mol. The number of nitrogens with one attached hydrogen (secondary N) is 1. The lowest BCUT2D eigenvalue weighted by Crippen LogP contribution is -2.19. The van der Waals surface area contributed by atoms with E-state index in [1.54, 1.807) is 0 Å². The summed E-state index contributed by atoms with van der Waals surface area (Å²) < 4.78 is 27.1. The second-order valence-electron chi connectivity index (χ2n) is 4.53. The second kappa shape index (κ2) is 4.41. The number of rotatable bonds is 1. The molecule has 2 aromatic rings. The average Bonchev–Trinajstić information content (AvgIpc) is 2.39. The van der Waals surface area contributed by atoms with E-state index in [2.05, 4.69) is 5.32 Å². The SMILES string of the molecule is Fc1cc(F)c2c(c1)C(c1ccccc1)CCN2. The largest absolute Gasteiger partial charge is 0.382 e. The van der Waals surface area contributed by atoms with Gasteiger partial charge in [0.25, 0.3) is 0 Å². The lowest BCUT2D eigenvalue weighted by molar-refractivity contribution is 0.571. The summed E-state index contributed by atoms with van der Waals surface area (Å²) in [5.74, 6) is -0.964. The van der Waals surface area contributed by atoms with Crippen molar-refractivity contribution in [2.24, 2.45) is 0 Å². The van der Waals surface area contributed by atoms with Gasteiger partial charge in [0.05, 0.1) is 5.69 Å². The highest BCUT2D eigenvalue weighted by Crippen LogP contribution is 2.38. The molecule has 3 heteroatoms. The first-order valence-electron chi connectivity index (χ1n) is 6.03. The molecule has 2 aromatic carbocycles. The molecule has 1 unspecified atom stereocenters. The summed E-state index contributed by atoms with van der Waals surface area (Å²) in [5.41, 5.74) is 2.26. The smallest absolute Gasteiger partial charge is 0.149 e. The maximum absolute atomic E-state index is 13.7. The minimum absolute atomic E-state index is 0.0626. The predicted octanol–water partition coefficient (Wildman–Crippen LogP) is 3.91. The third kappa shape index (κ3) is 1.86. The van der Waals surface area contributed by atoms with E-state index in [9.17, 15) is 8.78 Å². The standard InChI is InChI=1S/C15H13F2N/c16-11-8-13-12(10-4-2-1-3-5-10)6-7-18-15(13)14(17)9-11/h1-5,8-9,12,18H,6-7H2. The van der Waals surface area contributed by atoms with E-state index in [4.69, 9.17) is 0 Å². The molecule has 0 spiro atoms. The minimum atomic E-state index is -0.518. The molecule has 3 rings (SSSR count). The van der Waals surface area contributed by atoms with Gasteiger partial charge in [0, 0.05) is 18.5 Å². The lowest BCUT2D eigenvalue weighted by atomic mass is 9.85. The van der Waals surface area contributed by atoms with Crippen molar-refractivity contribution in [2.75, 3.05) is 11.9 Å². The zero-order valence-corrected chi connectivity index (χ0v) is 9.79. The van der Waals surface area contributed by atoms with Crippen molar-refractivity contribution in [1.82, 2.24) is 0 Å². The van der Waals surface area contributed by atoms with Crippen molar-refractivity contribution < 1.29 is 8.78 Å². The van der Waals surface area contributed by atoms with E-state index in [1.165, 1.54) is 6.07 Å². The summed E-state index contributed by atoms with van der Waals surface area (Å²) >= 11 is 0. The fraction of sp³-hybridized carbons (Fsp3) is 0.200. The quantitative estimate of drug-likeness (QED) is 0.803. The molecule has 0 amide bonds. The Hall–Kier alpha value is -1.90. The van der Waals surface area contributed by atoms with Crippen LogP contribution in [0.2, 0.25) is 0 Å². The fourth-order valence-electron chi connectivity index (χ4n) is 2.58. The topological polar surface area (TPSA) is 12.0 Å². The third-order valence-corrected chi connectivity index (χ3v) is 3.40. The number of hydrogen-bond acceptors (Lipinski definition) is 1. The number of hydrogen-bond donors (Lipinski definition) is 1. The molecule has 1 aliphatic rings. The first-order valence-corrected chi connectivity index (χ1v) is 6.03. The maximum atomic E-state index is 13.7. The third-order valence-electron chi connectivity index (χ3n) is 3.40. The molecule has 1 N–H and O–H groups in total. The van der Waals surface area contributed by atoms with Gasteiger partial charge < -0.3 is 5.32 Å². The summed E-state index contributed by atoms with van der Waals surface area (Å²) in [4.78, 5) is 0. The van der Waals surface area contributed by atoms with Gasteiger partial charge in [0.1, 0.15) is 11.6 Å². The summed E-state index contributed by atoms with van der Waals surface area (Å²) in [5, 5.41) is 3.02. The van der Waals surface area contributed by atoms with Crippen LogP contribution in [0.3, 0.4) is 0 Å². The molecule has 1 nitrogen and oxygen atoms in total. The molecule has 1 atom stereocenters. The van der Waals surface area contributed by atoms with Gasteiger partial charge in [0.15, 0.2) is 0 Å². The Morgan fingerprint density at radius 2 is 1.83 bits per heavy atom. The van der Waals surface area contributed by atoms with E-state index >= 15 is 0 Å². The van der Waals surface area contributed by atoms with Crippen LogP contribution in [0.15, 0.2) is 42.5 Å². The van der Waals surface area contributed by atoms with Gasteiger partial charge in [-0.25, -0.2) is 8.78 Å². The van der Waals surface area contributed by atoms with E-state index in [0.717, 1.165) is 18.1 Å². The highest BCUT2D eigenvalue weighted by molar-refractivity contribution is 5.58. The molecule has 0 saturated carbocycles. The molecule has 18 heavy (non-hydrogen) atoms. The van der Waals surface area contributed by atoms with Gasteiger partial charge in [-0.1, -0.05) is 30.3 Å². The number of anilines is 1. The summed E-state index contributed by atoms with van der Waals surface area (Å²) in [6.07, 6.45) is 0.847. The molecule has 92 valence electrons. The zero-order valence-electron chi connectivity index (χ0n) is 9.79. The van der Waals surface area contributed by atoms with Crippen LogP contribution in [-0.4, -0.2) is 6.54 Å². The van der Waals surface area contributed by atoms with Gasteiger partial charge in [-0.05, 0) is 23.6 Å². The van der Waals surface area contributed by atoms with Gasteiger partial charge in [-0.15, -0.1) is 0 Å². The summed E-state index contributed by atoms with van der Waals surface area (Å²) in [6, 6.07) is 12.2. The molecule has 0 fully saturated rings. The Labute approximate surface area is 104 Å². The fourth-order valence-corrected chi connectivity index (χ4v) is 2.58. The van der Waals surface area contributed by atoms with Crippen LogP contribution in [0.1, 0.15) is 23.5 Å². The van der Waals surface area contributed by atoms with Crippen LogP contribution >= 0.6 is 0 Å². The van der Waals surface area contributed by atoms with Crippen LogP contribution in [0.25, 0.3) is 0 Å². The Morgan fingerprint density at radius 1 is 1.06 bits per heavy atom. The first kappa shape index (κ1) is 11.2. The van der Waals surface area contributed by atoms with Gasteiger partial charge in [-0.2, -0.15) is 0 Å². The van der Waals surface area contributed by atoms with Gasteiger partial charge >= 0.3 is 0 Å². The van der Waals surface area contributed by atoms with Gasteiger partial charge in [0.2, 0.25) is 0 Å². The molecule has 1 aliphatic heterocycles. The molecule has 0 aliphatic carbocycles. The number of benzene rings is 2. The van der Waals surface area contributed by atoms with Crippen molar-refractivity contribution in [3.05, 3.63) is 65.2 Å². The van der Waals surface area contributed by atoms with E-state index in [1.807, 2.05) is 30.3 Å². The monoisotopic (exact) mass is 245 g/mol. The Balaban J connectivity index is 2.12. The molecule has 0 bridgehead atoms. The van der Waals surface area contributed by atoms with Crippen molar-refractivity contribution in [2.45, 2.75) is 12.3 Å². The highest BCUT2D eigenvalue weighted by Gasteiger charge is 2.24. The molecule has 1 heterocycles. The van der Waals surface area contributed by atoms with E-state index in [0.29, 0.717) is 17.8 Å². The molecule has 0 radical (unpaired) electrons. The van der Waals surface area contributed by atoms with Crippen LogP contribution in [0.4, 0.5) is 14.5 Å². The number of fused-ring (bicyclic) bond motifs is 1. The Morgan fingerprint density at radius 3 is 2.61 bits per heavy atom. The number of halogens is 2. The molecule has 0 saturated heterocycles. The zero-order chi connectivity index (χ0) is 12.5. The van der Waals surface area contributed by atoms with Crippen LogP contribution in [0.5, 0.6) is 0 Å². The predicted molar refractivity (Wildman–Crippen MR) is 67.7 cm³/mol. The summed E-state index contributed by atoms with van der Waals surface area (Å²) in [6.45, 7) is 0.703. The maximum Gasteiger partial charge on any atom is 0.149 e. The lowest BCUT2D eigenvalue weighted by Gasteiger charge is -2.27. The highest BCUT2D eigenvalue weighted by atomic mass is 19.1. The first-order chi connectivity index (χ1) is 8.75. The molecular formula is C15H13F2N. The van der Waals surface area contributed by atoms with Crippen molar-refractivity contribution >= 4 is 5.69 Å². The van der Waals surface area contributed by atoms with Crippen LogP contribution in [0, 0.1) is 11.6 Å². The van der Waals surface area contributed by atoms with E-state index < -0.39 is 11.6 Å². The van der Waals surface area contributed by atoms with Gasteiger partial charge in [-0.3, -0.25) is 0 Å². The average molecular weight is 245 g/mol.